The quantitative estimate of drug-likeness (QED) is 0.784. The number of ether oxygens (including phenoxy) is 1. The second-order valence-electron chi connectivity index (χ2n) is 5.48. The summed E-state index contributed by atoms with van der Waals surface area (Å²) >= 11 is 6.25. The summed E-state index contributed by atoms with van der Waals surface area (Å²) in [5.74, 6) is 1.01. The predicted molar refractivity (Wildman–Crippen MR) is 88.1 cm³/mol. The van der Waals surface area contributed by atoms with Crippen LogP contribution in [0.15, 0.2) is 12.3 Å². The number of pyridine rings is 1. The first-order valence-corrected chi connectivity index (χ1v) is 8.34. The van der Waals surface area contributed by atoms with Gasteiger partial charge in [0.1, 0.15) is 5.82 Å². The number of nitrogens with one attached hydrogen (secondary N) is 1. The van der Waals surface area contributed by atoms with Gasteiger partial charge in [0.15, 0.2) is 0 Å². The SMILES string of the molecule is CCCNCc1cc(N2CCCC(OCC)C2)ncc1Cl. The molecule has 1 N–H and O–H groups in total. The fraction of sp³-hybridized carbons (Fsp3) is 0.688. The average molecular weight is 312 g/mol. The highest BCUT2D eigenvalue weighted by atomic mass is 35.5. The smallest absolute Gasteiger partial charge is 0.128 e. The third kappa shape index (κ3) is 4.83. The van der Waals surface area contributed by atoms with Gasteiger partial charge in [-0.1, -0.05) is 18.5 Å². The fourth-order valence-electron chi connectivity index (χ4n) is 2.69. The molecule has 2 rings (SSSR count). The minimum atomic E-state index is 0.322. The molecule has 1 aliphatic heterocycles. The summed E-state index contributed by atoms with van der Waals surface area (Å²) in [7, 11) is 0. The van der Waals surface area contributed by atoms with Crippen LogP contribution in [0, 0.1) is 0 Å². The van der Waals surface area contributed by atoms with Crippen LogP contribution in [-0.4, -0.2) is 37.3 Å². The van der Waals surface area contributed by atoms with Gasteiger partial charge in [-0.3, -0.25) is 0 Å². The molecule has 0 aromatic carbocycles. The highest BCUT2D eigenvalue weighted by molar-refractivity contribution is 6.31. The second kappa shape index (κ2) is 8.57. The summed E-state index contributed by atoms with van der Waals surface area (Å²) in [5, 5.41) is 4.13. The molecule has 5 heteroatoms. The topological polar surface area (TPSA) is 37.4 Å². The minimum absolute atomic E-state index is 0.322. The van der Waals surface area contributed by atoms with Crippen LogP contribution in [0.1, 0.15) is 38.7 Å². The molecule has 1 aromatic heterocycles. The molecule has 2 heterocycles. The molecule has 118 valence electrons. The number of hydrogen-bond acceptors (Lipinski definition) is 4. The number of halogens is 1. The van der Waals surface area contributed by atoms with E-state index in [0.717, 1.165) is 68.5 Å². The maximum atomic E-state index is 6.25. The fourth-order valence-corrected chi connectivity index (χ4v) is 2.86. The van der Waals surface area contributed by atoms with Crippen LogP contribution in [0.25, 0.3) is 0 Å². The van der Waals surface area contributed by atoms with Gasteiger partial charge in [0, 0.05) is 32.4 Å². The van der Waals surface area contributed by atoms with E-state index in [9.17, 15) is 0 Å². The van der Waals surface area contributed by atoms with E-state index < -0.39 is 0 Å². The van der Waals surface area contributed by atoms with Gasteiger partial charge < -0.3 is 15.0 Å². The van der Waals surface area contributed by atoms with Gasteiger partial charge in [0.05, 0.1) is 11.1 Å². The van der Waals surface area contributed by atoms with Gasteiger partial charge in [-0.05, 0) is 44.4 Å². The Labute approximate surface area is 132 Å². The monoisotopic (exact) mass is 311 g/mol. The Morgan fingerprint density at radius 3 is 3.10 bits per heavy atom. The van der Waals surface area contributed by atoms with E-state index in [1.807, 2.05) is 0 Å². The molecular weight excluding hydrogens is 286 g/mol. The zero-order chi connectivity index (χ0) is 15.1. The molecule has 0 radical (unpaired) electrons. The van der Waals surface area contributed by atoms with Crippen LogP contribution in [0.2, 0.25) is 5.02 Å². The van der Waals surface area contributed by atoms with E-state index in [2.05, 4.69) is 35.1 Å². The molecule has 1 unspecified atom stereocenters. The third-order valence-corrected chi connectivity index (χ3v) is 4.11. The maximum absolute atomic E-state index is 6.25. The van der Waals surface area contributed by atoms with Gasteiger partial charge in [0.2, 0.25) is 0 Å². The first-order chi connectivity index (χ1) is 10.2. The van der Waals surface area contributed by atoms with Crippen LogP contribution in [0.4, 0.5) is 5.82 Å². The Kier molecular flexibility index (Phi) is 6.74. The van der Waals surface area contributed by atoms with Gasteiger partial charge in [0.25, 0.3) is 0 Å². The van der Waals surface area contributed by atoms with E-state index >= 15 is 0 Å². The molecule has 4 nitrogen and oxygen atoms in total. The molecule has 0 amide bonds. The van der Waals surface area contributed by atoms with E-state index in [4.69, 9.17) is 16.3 Å². The number of piperidine rings is 1. The highest BCUT2D eigenvalue weighted by Gasteiger charge is 2.21. The molecule has 1 aromatic rings. The zero-order valence-corrected chi connectivity index (χ0v) is 13.8. The summed E-state index contributed by atoms with van der Waals surface area (Å²) in [5.41, 5.74) is 1.12. The number of rotatable bonds is 7. The lowest BCUT2D eigenvalue weighted by molar-refractivity contribution is 0.0525. The summed E-state index contributed by atoms with van der Waals surface area (Å²) in [6.07, 6.45) is 5.51. The van der Waals surface area contributed by atoms with Crippen molar-refractivity contribution in [2.24, 2.45) is 0 Å². The van der Waals surface area contributed by atoms with E-state index in [-0.39, 0.29) is 0 Å². The lowest BCUT2D eigenvalue weighted by Crippen LogP contribution is -2.40. The Bertz CT molecular complexity index is 440. The van der Waals surface area contributed by atoms with Crippen molar-refractivity contribution in [1.82, 2.24) is 10.3 Å². The number of anilines is 1. The van der Waals surface area contributed by atoms with Gasteiger partial charge in [-0.25, -0.2) is 4.98 Å². The van der Waals surface area contributed by atoms with Crippen LogP contribution in [0.3, 0.4) is 0 Å². The van der Waals surface area contributed by atoms with Crippen molar-refractivity contribution in [2.75, 3.05) is 31.1 Å². The summed E-state index contributed by atoms with van der Waals surface area (Å²) in [6, 6.07) is 2.11. The van der Waals surface area contributed by atoms with Crippen molar-refractivity contribution in [3.8, 4) is 0 Å². The lowest BCUT2D eigenvalue weighted by atomic mass is 10.1. The molecule has 1 saturated heterocycles. The van der Waals surface area contributed by atoms with Crippen molar-refractivity contribution in [2.45, 2.75) is 45.8 Å². The molecule has 0 aliphatic carbocycles. The van der Waals surface area contributed by atoms with Crippen LogP contribution in [-0.2, 0) is 11.3 Å². The average Bonchev–Trinajstić information content (AvgIpc) is 2.50. The molecule has 0 bridgehead atoms. The van der Waals surface area contributed by atoms with Gasteiger partial charge in [-0.15, -0.1) is 0 Å². The van der Waals surface area contributed by atoms with Crippen LogP contribution < -0.4 is 10.2 Å². The summed E-state index contributed by atoms with van der Waals surface area (Å²) in [4.78, 5) is 6.81. The first-order valence-electron chi connectivity index (χ1n) is 7.96. The van der Waals surface area contributed by atoms with Gasteiger partial charge >= 0.3 is 0 Å². The van der Waals surface area contributed by atoms with Crippen molar-refractivity contribution in [3.63, 3.8) is 0 Å². The highest BCUT2D eigenvalue weighted by Crippen LogP contribution is 2.24. The first kappa shape index (κ1) is 16.5. The van der Waals surface area contributed by atoms with Crippen LogP contribution >= 0.6 is 11.6 Å². The number of hydrogen-bond donors (Lipinski definition) is 1. The molecule has 0 saturated carbocycles. The van der Waals surface area contributed by atoms with Gasteiger partial charge in [-0.2, -0.15) is 0 Å². The summed E-state index contributed by atoms with van der Waals surface area (Å²) < 4.78 is 5.76. The Morgan fingerprint density at radius 2 is 2.33 bits per heavy atom. The molecular formula is C16H26ClN3O. The van der Waals surface area contributed by atoms with Crippen molar-refractivity contribution in [3.05, 3.63) is 22.8 Å². The third-order valence-electron chi connectivity index (χ3n) is 3.77. The Hall–Kier alpha value is -0.840. The van der Waals surface area contributed by atoms with E-state index in [1.54, 1.807) is 6.20 Å². The van der Waals surface area contributed by atoms with Crippen molar-refractivity contribution < 1.29 is 4.74 Å². The van der Waals surface area contributed by atoms with Crippen molar-refractivity contribution >= 4 is 17.4 Å². The Balaban J connectivity index is 2.03. The molecule has 1 fully saturated rings. The van der Waals surface area contributed by atoms with E-state index in [0.29, 0.717) is 6.10 Å². The summed E-state index contributed by atoms with van der Waals surface area (Å²) in [6.45, 7) is 8.75. The van der Waals surface area contributed by atoms with Crippen LogP contribution in [0.5, 0.6) is 0 Å². The maximum Gasteiger partial charge on any atom is 0.128 e. The predicted octanol–water partition coefficient (Wildman–Crippen LogP) is 3.24. The number of aromatic nitrogens is 1. The van der Waals surface area contributed by atoms with E-state index in [1.165, 1.54) is 0 Å². The molecule has 1 aliphatic rings. The molecule has 21 heavy (non-hydrogen) atoms. The Morgan fingerprint density at radius 1 is 1.48 bits per heavy atom. The number of nitrogens with zero attached hydrogens (tertiary/aromatic N) is 2. The standard InChI is InChI=1S/C16H26ClN3O/c1-3-7-18-10-13-9-16(19-11-15(13)17)20-8-5-6-14(12-20)21-4-2/h9,11,14,18H,3-8,10,12H2,1-2H3. The second-order valence-corrected chi connectivity index (χ2v) is 5.88. The zero-order valence-electron chi connectivity index (χ0n) is 13.1. The normalized spacial score (nSPS) is 19.0. The van der Waals surface area contributed by atoms with Crippen molar-refractivity contribution in [1.29, 1.82) is 0 Å². The molecule has 0 spiro atoms. The lowest BCUT2D eigenvalue weighted by Gasteiger charge is -2.33. The largest absolute Gasteiger partial charge is 0.377 e. The minimum Gasteiger partial charge on any atom is -0.377 e. The molecule has 1 atom stereocenters.